The van der Waals surface area contributed by atoms with Crippen LogP contribution < -0.4 is 10.2 Å². The number of hydrogen-bond donors (Lipinski definition) is 1. The van der Waals surface area contributed by atoms with E-state index in [9.17, 15) is 4.79 Å². The van der Waals surface area contributed by atoms with Gasteiger partial charge in [0.05, 0.1) is 0 Å². The first-order valence-corrected chi connectivity index (χ1v) is 9.47. The van der Waals surface area contributed by atoms with E-state index in [-0.39, 0.29) is 5.78 Å². The highest BCUT2D eigenvalue weighted by Crippen LogP contribution is 2.29. The minimum absolute atomic E-state index is 0.284. The van der Waals surface area contributed by atoms with Gasteiger partial charge in [-0.15, -0.1) is 0 Å². The maximum absolute atomic E-state index is 12.6. The van der Waals surface area contributed by atoms with Gasteiger partial charge in [-0.25, -0.2) is 0 Å². The molecule has 4 heteroatoms. The molecule has 1 N–H and O–H groups in total. The van der Waals surface area contributed by atoms with Gasteiger partial charge in [0.15, 0.2) is 5.78 Å². The lowest BCUT2D eigenvalue weighted by Crippen LogP contribution is -2.44. The van der Waals surface area contributed by atoms with E-state index in [4.69, 9.17) is 0 Å². The number of benzene rings is 1. The first kappa shape index (κ1) is 17.4. The van der Waals surface area contributed by atoms with E-state index in [1.807, 2.05) is 6.07 Å². The smallest absolute Gasteiger partial charge is 0.164 e. The Labute approximate surface area is 146 Å². The quantitative estimate of drug-likeness (QED) is 0.814. The van der Waals surface area contributed by atoms with Crippen molar-refractivity contribution >= 4 is 11.5 Å². The normalized spacial score (nSPS) is 18.7. The molecule has 1 fully saturated rings. The van der Waals surface area contributed by atoms with Gasteiger partial charge >= 0.3 is 0 Å². The molecule has 2 aliphatic rings. The number of nitrogens with zero attached hydrogens (tertiary/aromatic N) is 2. The zero-order valence-electron chi connectivity index (χ0n) is 15.2. The number of fused-ring (bicyclic) bond motifs is 1. The Hall–Kier alpha value is -1.39. The number of rotatable bonds is 6. The van der Waals surface area contributed by atoms with Gasteiger partial charge in [-0.3, -0.25) is 4.79 Å². The molecule has 2 heterocycles. The van der Waals surface area contributed by atoms with Crippen molar-refractivity contribution in [1.29, 1.82) is 0 Å². The van der Waals surface area contributed by atoms with Crippen molar-refractivity contribution < 1.29 is 4.79 Å². The van der Waals surface area contributed by atoms with Crippen LogP contribution in [0.2, 0.25) is 0 Å². The van der Waals surface area contributed by atoms with Gasteiger partial charge in [0.1, 0.15) is 0 Å². The van der Waals surface area contributed by atoms with Crippen molar-refractivity contribution in [2.45, 2.75) is 33.1 Å². The predicted molar refractivity (Wildman–Crippen MR) is 100 cm³/mol. The summed E-state index contributed by atoms with van der Waals surface area (Å²) in [5.74, 6) is 0.925. The second kappa shape index (κ2) is 8.13. The van der Waals surface area contributed by atoms with Gasteiger partial charge in [-0.2, -0.15) is 0 Å². The molecule has 0 atom stereocenters. The van der Waals surface area contributed by atoms with Crippen molar-refractivity contribution in [3.05, 3.63) is 29.3 Å². The molecule has 4 nitrogen and oxygen atoms in total. The summed E-state index contributed by atoms with van der Waals surface area (Å²) in [5, 5.41) is 3.36. The number of aryl methyl sites for hydroxylation is 1. The van der Waals surface area contributed by atoms with E-state index in [2.05, 4.69) is 41.1 Å². The van der Waals surface area contributed by atoms with Crippen LogP contribution >= 0.6 is 0 Å². The van der Waals surface area contributed by atoms with Gasteiger partial charge in [-0.05, 0) is 30.4 Å². The SMILES string of the molecule is CC(C)CN1CCCc2ccc(C(=O)CCN3CCNCC3)cc21. The maximum atomic E-state index is 12.6. The molecular formula is C20H31N3O. The summed E-state index contributed by atoms with van der Waals surface area (Å²) in [7, 11) is 0. The second-order valence-corrected chi connectivity index (χ2v) is 7.55. The van der Waals surface area contributed by atoms with Crippen LogP contribution in [0.1, 0.15) is 42.6 Å². The van der Waals surface area contributed by atoms with E-state index in [1.165, 1.54) is 17.7 Å². The Morgan fingerprint density at radius 1 is 1.21 bits per heavy atom. The van der Waals surface area contributed by atoms with E-state index < -0.39 is 0 Å². The number of nitrogens with one attached hydrogen (secondary N) is 1. The molecule has 1 aromatic carbocycles. The maximum Gasteiger partial charge on any atom is 0.164 e. The average molecular weight is 329 g/mol. The lowest BCUT2D eigenvalue weighted by molar-refractivity contribution is 0.0960. The number of piperazine rings is 1. The van der Waals surface area contributed by atoms with Crippen molar-refractivity contribution in [3.63, 3.8) is 0 Å². The Bertz CT molecular complexity index is 564. The summed E-state index contributed by atoms with van der Waals surface area (Å²) in [5.41, 5.74) is 3.59. The number of carbonyl (C=O) groups is 1. The Morgan fingerprint density at radius 3 is 2.75 bits per heavy atom. The molecule has 24 heavy (non-hydrogen) atoms. The van der Waals surface area contributed by atoms with Crippen LogP contribution in [0.3, 0.4) is 0 Å². The molecule has 0 amide bonds. The average Bonchev–Trinajstić information content (AvgIpc) is 2.60. The zero-order valence-corrected chi connectivity index (χ0v) is 15.2. The van der Waals surface area contributed by atoms with Gasteiger partial charge < -0.3 is 15.1 Å². The highest BCUT2D eigenvalue weighted by Gasteiger charge is 2.20. The number of carbonyl (C=O) groups excluding carboxylic acids is 1. The summed E-state index contributed by atoms with van der Waals surface area (Å²) in [6.07, 6.45) is 2.98. The summed E-state index contributed by atoms with van der Waals surface area (Å²) in [6.45, 7) is 11.8. The third-order valence-electron chi connectivity index (χ3n) is 5.07. The molecule has 0 aromatic heterocycles. The molecule has 0 bridgehead atoms. The van der Waals surface area contributed by atoms with Crippen LogP contribution in [0.4, 0.5) is 5.69 Å². The molecule has 1 aromatic rings. The van der Waals surface area contributed by atoms with E-state index in [0.717, 1.165) is 57.8 Å². The predicted octanol–water partition coefficient (Wildman–Crippen LogP) is 2.57. The minimum atomic E-state index is 0.284. The van der Waals surface area contributed by atoms with Crippen LogP contribution in [0, 0.1) is 5.92 Å². The lowest BCUT2D eigenvalue weighted by atomic mass is 9.96. The topological polar surface area (TPSA) is 35.6 Å². The monoisotopic (exact) mass is 329 g/mol. The molecule has 0 radical (unpaired) electrons. The van der Waals surface area contributed by atoms with E-state index in [0.29, 0.717) is 12.3 Å². The van der Waals surface area contributed by atoms with Gasteiger partial charge in [0.2, 0.25) is 0 Å². The summed E-state index contributed by atoms with van der Waals surface area (Å²) < 4.78 is 0. The minimum Gasteiger partial charge on any atom is -0.371 e. The van der Waals surface area contributed by atoms with Crippen LogP contribution in [-0.2, 0) is 6.42 Å². The van der Waals surface area contributed by atoms with Gasteiger partial charge in [0.25, 0.3) is 0 Å². The third kappa shape index (κ3) is 4.37. The number of Topliss-reactive ketones (excluding diaryl/α,β-unsaturated/α-hetero) is 1. The standard InChI is InChI=1S/C20H31N3O/c1-16(2)15-23-10-3-4-17-5-6-18(14-19(17)23)20(24)7-11-22-12-8-21-9-13-22/h5-6,14,16,21H,3-4,7-13,15H2,1-2H3. The summed E-state index contributed by atoms with van der Waals surface area (Å²) >= 11 is 0. The number of ketones is 1. The Morgan fingerprint density at radius 2 is 2.00 bits per heavy atom. The summed E-state index contributed by atoms with van der Waals surface area (Å²) in [6, 6.07) is 6.37. The highest BCUT2D eigenvalue weighted by molar-refractivity contribution is 5.97. The molecule has 0 unspecified atom stereocenters. The highest BCUT2D eigenvalue weighted by atomic mass is 16.1. The molecule has 3 rings (SSSR count). The van der Waals surface area contributed by atoms with Crippen LogP contribution in [0.25, 0.3) is 0 Å². The van der Waals surface area contributed by atoms with Crippen molar-refractivity contribution in [1.82, 2.24) is 10.2 Å². The molecule has 0 aliphatic carbocycles. The van der Waals surface area contributed by atoms with Crippen molar-refractivity contribution in [2.24, 2.45) is 5.92 Å². The third-order valence-corrected chi connectivity index (χ3v) is 5.07. The molecule has 2 aliphatic heterocycles. The largest absolute Gasteiger partial charge is 0.371 e. The molecular weight excluding hydrogens is 298 g/mol. The van der Waals surface area contributed by atoms with Gasteiger partial charge in [0, 0.05) is 63.5 Å². The van der Waals surface area contributed by atoms with Crippen LogP contribution in [0.15, 0.2) is 18.2 Å². The van der Waals surface area contributed by atoms with Gasteiger partial charge in [-0.1, -0.05) is 26.0 Å². The van der Waals surface area contributed by atoms with Crippen molar-refractivity contribution in [3.8, 4) is 0 Å². The number of anilines is 1. The van der Waals surface area contributed by atoms with Crippen molar-refractivity contribution in [2.75, 3.05) is 50.7 Å². The van der Waals surface area contributed by atoms with Crippen LogP contribution in [0.5, 0.6) is 0 Å². The second-order valence-electron chi connectivity index (χ2n) is 7.55. The van der Waals surface area contributed by atoms with E-state index >= 15 is 0 Å². The summed E-state index contributed by atoms with van der Waals surface area (Å²) in [4.78, 5) is 17.5. The van der Waals surface area contributed by atoms with E-state index in [1.54, 1.807) is 0 Å². The molecule has 1 saturated heterocycles. The molecule has 0 saturated carbocycles. The fraction of sp³-hybridized carbons (Fsp3) is 0.650. The Balaban J connectivity index is 1.66. The van der Waals surface area contributed by atoms with Crippen LogP contribution in [-0.4, -0.2) is 56.5 Å². The lowest BCUT2D eigenvalue weighted by Gasteiger charge is -2.33. The zero-order chi connectivity index (χ0) is 16.9. The fourth-order valence-electron chi connectivity index (χ4n) is 3.79. The molecule has 0 spiro atoms. The first-order chi connectivity index (χ1) is 11.6. The first-order valence-electron chi connectivity index (χ1n) is 9.47. The Kier molecular flexibility index (Phi) is 5.90. The molecule has 132 valence electrons. The number of hydrogen-bond acceptors (Lipinski definition) is 4. The fourth-order valence-corrected chi connectivity index (χ4v) is 3.79.